The maximum atomic E-state index is 12.9. The van der Waals surface area contributed by atoms with E-state index in [0.29, 0.717) is 39.5 Å². The Morgan fingerprint density at radius 1 is 1.12 bits per heavy atom. The van der Waals surface area contributed by atoms with Crippen molar-refractivity contribution >= 4 is 69.4 Å². The van der Waals surface area contributed by atoms with E-state index in [2.05, 4.69) is 15.3 Å². The number of amides is 3. The molecule has 0 bridgehead atoms. The number of benzene rings is 3. The Kier molecular flexibility index (Phi) is 9.23. The summed E-state index contributed by atoms with van der Waals surface area (Å²) in [4.78, 5) is 49.3. The van der Waals surface area contributed by atoms with E-state index in [1.807, 2.05) is 43.3 Å². The Labute approximate surface area is 259 Å². The number of hydrogen-bond acceptors (Lipinski definition) is 6. The monoisotopic (exact) mass is 617 g/mol. The second kappa shape index (κ2) is 13.2. The summed E-state index contributed by atoms with van der Waals surface area (Å²) in [7, 11) is 1.57. The predicted molar refractivity (Wildman–Crippen MR) is 169 cm³/mol. The normalized spacial score (nSPS) is 13.1. The van der Waals surface area contributed by atoms with E-state index in [-0.39, 0.29) is 30.0 Å². The van der Waals surface area contributed by atoms with Crippen LogP contribution in [0.5, 0.6) is 5.75 Å². The van der Waals surface area contributed by atoms with Crippen molar-refractivity contribution < 1.29 is 19.1 Å². The number of hydrogen-bond donors (Lipinski definition) is 1. The summed E-state index contributed by atoms with van der Waals surface area (Å²) in [5.74, 6) is -0.153. The van der Waals surface area contributed by atoms with Crippen molar-refractivity contribution in [2.75, 3.05) is 29.9 Å². The lowest BCUT2D eigenvalue weighted by molar-refractivity contribution is -0.122. The highest BCUT2D eigenvalue weighted by molar-refractivity contribution is 6.38. The number of rotatable bonds is 9. The third kappa shape index (κ3) is 6.96. The van der Waals surface area contributed by atoms with Crippen LogP contribution in [-0.2, 0) is 21.0 Å². The number of halogens is 2. The van der Waals surface area contributed by atoms with Gasteiger partial charge >= 0.3 is 0 Å². The van der Waals surface area contributed by atoms with Crippen LogP contribution in [0.2, 0.25) is 10.0 Å². The molecule has 0 aliphatic carbocycles. The Balaban J connectivity index is 1.19. The zero-order valence-corrected chi connectivity index (χ0v) is 25.2. The van der Waals surface area contributed by atoms with Gasteiger partial charge in [-0.15, -0.1) is 0 Å². The Hall–Kier alpha value is -4.47. The van der Waals surface area contributed by atoms with Gasteiger partial charge in [-0.25, -0.2) is 4.98 Å². The third-order valence-electron chi connectivity index (χ3n) is 7.05. The number of aryl methyl sites for hydroxylation is 1. The molecule has 11 heteroatoms. The molecule has 0 saturated carbocycles. The van der Waals surface area contributed by atoms with Crippen molar-refractivity contribution in [1.29, 1.82) is 0 Å². The average Bonchev–Trinajstić information content (AvgIpc) is 3.44. The van der Waals surface area contributed by atoms with Gasteiger partial charge in [-0.3, -0.25) is 19.4 Å². The lowest BCUT2D eigenvalue weighted by Gasteiger charge is -2.21. The summed E-state index contributed by atoms with van der Waals surface area (Å²) < 4.78 is 6.04. The molecular formula is C32H29Cl2N5O4. The minimum atomic E-state index is -0.426. The first-order valence-corrected chi connectivity index (χ1v) is 14.4. The number of aromatic nitrogens is 2. The number of nitrogens with zero attached hydrogens (tertiary/aromatic N) is 4. The molecule has 4 aromatic rings. The predicted octanol–water partition coefficient (Wildman–Crippen LogP) is 5.74. The first-order valence-electron chi connectivity index (χ1n) is 13.7. The quantitative estimate of drug-likeness (QED) is 0.240. The van der Waals surface area contributed by atoms with E-state index >= 15 is 0 Å². The standard InChI is InChI=1S/C32H29Cl2N5O4/c1-20-17-35-25-5-3-6-27(32(25)37-20)43-19-23-24(33)13-14-26(31(23)34)38(2)30(42)18-36-28(40)15-10-21-8-11-22(12-9-21)39-16-4-7-29(39)41/h3,5-6,8-15,17H,4,7,16,18-19H2,1-2H3,(H,36,40). The van der Waals surface area contributed by atoms with Gasteiger partial charge in [-0.2, -0.15) is 0 Å². The van der Waals surface area contributed by atoms with E-state index in [1.165, 1.54) is 11.0 Å². The van der Waals surface area contributed by atoms with Crippen LogP contribution in [-0.4, -0.2) is 47.8 Å². The van der Waals surface area contributed by atoms with Crippen LogP contribution in [0.25, 0.3) is 17.1 Å². The molecule has 5 rings (SSSR count). The highest BCUT2D eigenvalue weighted by Crippen LogP contribution is 2.35. The molecule has 0 atom stereocenters. The molecule has 43 heavy (non-hydrogen) atoms. The van der Waals surface area contributed by atoms with Gasteiger partial charge in [-0.1, -0.05) is 41.4 Å². The topological polar surface area (TPSA) is 105 Å². The number of carbonyl (C=O) groups excluding carboxylic acids is 3. The number of nitrogens with one attached hydrogen (secondary N) is 1. The zero-order valence-electron chi connectivity index (χ0n) is 23.6. The van der Waals surface area contributed by atoms with Crippen molar-refractivity contribution in [3.63, 3.8) is 0 Å². The van der Waals surface area contributed by atoms with Crippen molar-refractivity contribution in [3.05, 3.63) is 93.7 Å². The fourth-order valence-corrected chi connectivity index (χ4v) is 5.28. The molecule has 1 N–H and O–H groups in total. The van der Waals surface area contributed by atoms with E-state index in [4.69, 9.17) is 27.9 Å². The third-order valence-corrected chi connectivity index (χ3v) is 7.82. The van der Waals surface area contributed by atoms with Crippen LogP contribution in [0, 0.1) is 6.92 Å². The molecule has 1 saturated heterocycles. The number of carbonyl (C=O) groups is 3. The average molecular weight is 619 g/mol. The van der Waals surface area contributed by atoms with E-state index in [9.17, 15) is 14.4 Å². The van der Waals surface area contributed by atoms with Gasteiger partial charge in [0.15, 0.2) is 0 Å². The molecule has 0 radical (unpaired) electrons. The molecule has 9 nitrogen and oxygen atoms in total. The first kappa shape index (κ1) is 30.0. The summed E-state index contributed by atoms with van der Waals surface area (Å²) in [6, 6.07) is 16.1. The molecule has 1 aliphatic heterocycles. The zero-order chi connectivity index (χ0) is 30.5. The smallest absolute Gasteiger partial charge is 0.246 e. The van der Waals surface area contributed by atoms with E-state index in [0.717, 1.165) is 29.9 Å². The van der Waals surface area contributed by atoms with Crippen LogP contribution >= 0.6 is 23.2 Å². The maximum absolute atomic E-state index is 12.9. The summed E-state index contributed by atoms with van der Waals surface area (Å²) >= 11 is 13.2. The summed E-state index contributed by atoms with van der Waals surface area (Å²) in [5.41, 5.74) is 4.64. The lowest BCUT2D eigenvalue weighted by Crippen LogP contribution is -2.37. The Morgan fingerprint density at radius 3 is 2.65 bits per heavy atom. The largest absolute Gasteiger partial charge is 0.486 e. The molecule has 1 aromatic heterocycles. The van der Waals surface area contributed by atoms with Gasteiger partial charge in [0, 0.05) is 48.6 Å². The van der Waals surface area contributed by atoms with Gasteiger partial charge in [0.1, 0.15) is 17.9 Å². The lowest BCUT2D eigenvalue weighted by atomic mass is 10.2. The van der Waals surface area contributed by atoms with Crippen LogP contribution in [0.15, 0.2) is 66.9 Å². The molecule has 3 aromatic carbocycles. The van der Waals surface area contributed by atoms with Gasteiger partial charge < -0.3 is 19.9 Å². The second-order valence-electron chi connectivity index (χ2n) is 10.0. The molecule has 0 spiro atoms. The van der Waals surface area contributed by atoms with E-state index < -0.39 is 5.91 Å². The number of fused-ring (bicyclic) bond motifs is 1. The highest BCUT2D eigenvalue weighted by atomic mass is 35.5. The minimum Gasteiger partial charge on any atom is -0.486 e. The van der Waals surface area contributed by atoms with Gasteiger partial charge in [0.2, 0.25) is 17.7 Å². The van der Waals surface area contributed by atoms with Crippen LogP contribution in [0.1, 0.15) is 29.7 Å². The molecule has 3 amide bonds. The summed E-state index contributed by atoms with van der Waals surface area (Å²) in [6.07, 6.45) is 6.11. The maximum Gasteiger partial charge on any atom is 0.246 e. The molecule has 220 valence electrons. The molecular weight excluding hydrogens is 589 g/mol. The second-order valence-corrected chi connectivity index (χ2v) is 10.8. The van der Waals surface area contributed by atoms with Crippen LogP contribution in [0.4, 0.5) is 11.4 Å². The fraction of sp³-hybridized carbons (Fsp3) is 0.219. The van der Waals surface area contributed by atoms with Crippen molar-refractivity contribution in [3.8, 4) is 5.75 Å². The molecule has 1 fully saturated rings. The van der Waals surface area contributed by atoms with E-state index in [1.54, 1.807) is 42.4 Å². The summed E-state index contributed by atoms with van der Waals surface area (Å²) in [6.45, 7) is 2.37. The molecule has 2 heterocycles. The van der Waals surface area contributed by atoms with Crippen LogP contribution in [0.3, 0.4) is 0 Å². The van der Waals surface area contributed by atoms with Gasteiger partial charge in [0.25, 0.3) is 0 Å². The number of ether oxygens (including phenoxy) is 1. The molecule has 1 aliphatic rings. The van der Waals surface area contributed by atoms with Gasteiger partial charge in [-0.05, 0) is 61.4 Å². The minimum absolute atomic E-state index is 0.0408. The first-order chi connectivity index (χ1) is 20.7. The number of para-hydroxylation sites is 1. The van der Waals surface area contributed by atoms with Crippen molar-refractivity contribution in [1.82, 2.24) is 15.3 Å². The van der Waals surface area contributed by atoms with Crippen molar-refractivity contribution in [2.24, 2.45) is 0 Å². The fourth-order valence-electron chi connectivity index (χ4n) is 4.67. The SMILES string of the molecule is Cc1cnc2cccc(OCc3c(Cl)ccc(N(C)C(=O)CNC(=O)C=Cc4ccc(N5CCCC5=O)cc4)c3Cl)c2n1. The Bertz CT molecular complexity index is 1730. The number of anilines is 2. The summed E-state index contributed by atoms with van der Waals surface area (Å²) in [5, 5.41) is 3.25. The Morgan fingerprint density at radius 2 is 1.91 bits per heavy atom. The number of likely N-dealkylation sites (N-methyl/N-ethyl adjacent to an activating group) is 1. The van der Waals surface area contributed by atoms with Crippen LogP contribution < -0.4 is 19.9 Å². The molecule has 0 unspecified atom stereocenters. The van der Waals surface area contributed by atoms with Gasteiger partial charge in [0.05, 0.1) is 28.5 Å². The highest BCUT2D eigenvalue weighted by Gasteiger charge is 2.22. The van der Waals surface area contributed by atoms with Crippen molar-refractivity contribution in [2.45, 2.75) is 26.4 Å².